The number of nitriles is 1. The van der Waals surface area contributed by atoms with Gasteiger partial charge < -0.3 is 9.64 Å². The van der Waals surface area contributed by atoms with Crippen LogP contribution in [0, 0.1) is 11.3 Å². The summed E-state index contributed by atoms with van der Waals surface area (Å²) in [4.78, 5) is 29.0. The Morgan fingerprint density at radius 2 is 1.96 bits per heavy atom. The van der Waals surface area contributed by atoms with Crippen molar-refractivity contribution in [2.75, 3.05) is 19.6 Å². The summed E-state index contributed by atoms with van der Waals surface area (Å²) >= 11 is 7.42. The highest BCUT2D eigenvalue weighted by Crippen LogP contribution is 2.35. The van der Waals surface area contributed by atoms with E-state index in [-0.39, 0.29) is 12.0 Å². The zero-order valence-corrected chi connectivity index (χ0v) is 16.6. The van der Waals surface area contributed by atoms with Crippen molar-refractivity contribution in [2.45, 2.75) is 25.0 Å². The summed E-state index contributed by atoms with van der Waals surface area (Å²) in [5, 5.41) is 11.2. The van der Waals surface area contributed by atoms with Crippen LogP contribution in [0.1, 0.15) is 33.6 Å². The van der Waals surface area contributed by atoms with E-state index in [0.717, 1.165) is 5.56 Å². The standard InChI is InChI=1S/C20H18ClN3O3S/c21-16-5-10-28-17(16)18(25)23-8-6-20(7-9-23)13-24(19(26)27-20)12-15-3-1-14(11-22)2-4-15/h1-5,10H,6-9,12-13H2. The monoisotopic (exact) mass is 415 g/mol. The second-order valence-corrected chi connectivity index (χ2v) is 8.43. The second kappa shape index (κ2) is 7.46. The first-order chi connectivity index (χ1) is 13.5. The zero-order chi connectivity index (χ0) is 19.7. The van der Waals surface area contributed by atoms with Crippen LogP contribution in [0.2, 0.25) is 5.02 Å². The molecule has 1 spiro atoms. The Morgan fingerprint density at radius 3 is 2.57 bits per heavy atom. The molecule has 2 aliphatic rings. The molecule has 6 nitrogen and oxygen atoms in total. The summed E-state index contributed by atoms with van der Waals surface area (Å²) in [7, 11) is 0. The molecule has 0 aliphatic carbocycles. The number of carbonyl (C=O) groups is 2. The van der Waals surface area contributed by atoms with Gasteiger partial charge in [0.15, 0.2) is 0 Å². The summed E-state index contributed by atoms with van der Waals surface area (Å²) in [5.74, 6) is -0.0615. The number of hydrogen-bond acceptors (Lipinski definition) is 5. The predicted molar refractivity (Wildman–Crippen MR) is 105 cm³/mol. The molecule has 8 heteroatoms. The normalized spacial score (nSPS) is 18.2. The number of carbonyl (C=O) groups excluding carboxylic acids is 2. The van der Waals surface area contributed by atoms with Gasteiger partial charge in [-0.1, -0.05) is 23.7 Å². The third kappa shape index (κ3) is 3.58. The maximum Gasteiger partial charge on any atom is 0.410 e. The van der Waals surface area contributed by atoms with Gasteiger partial charge in [0.2, 0.25) is 0 Å². The molecule has 2 amide bonds. The van der Waals surface area contributed by atoms with Gasteiger partial charge in [-0.15, -0.1) is 11.3 Å². The molecule has 0 N–H and O–H groups in total. The van der Waals surface area contributed by atoms with Gasteiger partial charge in [0.1, 0.15) is 10.5 Å². The Morgan fingerprint density at radius 1 is 1.25 bits per heavy atom. The SMILES string of the molecule is N#Cc1ccc(CN2CC3(CCN(C(=O)c4sccc4Cl)CC3)OC2=O)cc1. The number of hydrogen-bond donors (Lipinski definition) is 0. The van der Waals surface area contributed by atoms with Crippen molar-refractivity contribution >= 4 is 34.9 Å². The molecule has 2 aliphatic heterocycles. The van der Waals surface area contributed by atoms with Crippen molar-refractivity contribution < 1.29 is 14.3 Å². The van der Waals surface area contributed by atoms with Crippen molar-refractivity contribution in [3.63, 3.8) is 0 Å². The number of benzene rings is 1. The molecule has 0 radical (unpaired) electrons. The zero-order valence-electron chi connectivity index (χ0n) is 15.1. The van der Waals surface area contributed by atoms with E-state index in [1.165, 1.54) is 11.3 Å². The highest BCUT2D eigenvalue weighted by molar-refractivity contribution is 7.12. The fourth-order valence-electron chi connectivity index (χ4n) is 3.69. The molecule has 0 saturated carbocycles. The van der Waals surface area contributed by atoms with Gasteiger partial charge in [0.25, 0.3) is 5.91 Å². The lowest BCUT2D eigenvalue weighted by Gasteiger charge is -2.37. The van der Waals surface area contributed by atoms with Crippen LogP contribution in [0.25, 0.3) is 0 Å². The van der Waals surface area contributed by atoms with Crippen LogP contribution >= 0.6 is 22.9 Å². The van der Waals surface area contributed by atoms with E-state index >= 15 is 0 Å². The summed E-state index contributed by atoms with van der Waals surface area (Å²) in [6.07, 6.45) is 0.889. The molecule has 1 aromatic carbocycles. The first-order valence-electron chi connectivity index (χ1n) is 8.99. The molecule has 3 heterocycles. The third-order valence-electron chi connectivity index (χ3n) is 5.27. The van der Waals surface area contributed by atoms with Gasteiger partial charge in [-0.05, 0) is 29.1 Å². The molecule has 144 valence electrons. The minimum absolute atomic E-state index is 0.0615. The molecule has 4 rings (SSSR count). The van der Waals surface area contributed by atoms with Gasteiger partial charge in [-0.2, -0.15) is 5.26 Å². The van der Waals surface area contributed by atoms with Gasteiger partial charge in [0.05, 0.1) is 23.2 Å². The van der Waals surface area contributed by atoms with Gasteiger partial charge >= 0.3 is 6.09 Å². The Labute approximate surface area is 171 Å². The van der Waals surface area contributed by atoms with E-state index in [2.05, 4.69) is 6.07 Å². The number of halogens is 1. The van der Waals surface area contributed by atoms with Crippen LogP contribution in [-0.4, -0.2) is 47.0 Å². The maximum atomic E-state index is 12.6. The number of piperidine rings is 1. The minimum Gasteiger partial charge on any atom is -0.441 e. The molecule has 2 fully saturated rings. The molecule has 0 atom stereocenters. The lowest BCUT2D eigenvalue weighted by molar-refractivity contribution is 0.00328. The van der Waals surface area contributed by atoms with Crippen molar-refractivity contribution in [3.8, 4) is 6.07 Å². The van der Waals surface area contributed by atoms with Gasteiger partial charge in [0, 0.05) is 32.5 Å². The first-order valence-corrected chi connectivity index (χ1v) is 10.2. The predicted octanol–water partition coefficient (Wildman–Crippen LogP) is 3.90. The van der Waals surface area contributed by atoms with Crippen molar-refractivity contribution in [1.82, 2.24) is 9.80 Å². The number of rotatable bonds is 3. The maximum absolute atomic E-state index is 12.6. The van der Waals surface area contributed by atoms with E-state index in [1.807, 2.05) is 12.1 Å². The van der Waals surface area contributed by atoms with Gasteiger partial charge in [-0.25, -0.2) is 4.79 Å². The lowest BCUT2D eigenvalue weighted by Crippen LogP contribution is -2.48. The number of ether oxygens (including phenoxy) is 1. The smallest absolute Gasteiger partial charge is 0.410 e. The molecule has 1 aromatic heterocycles. The molecular weight excluding hydrogens is 398 g/mol. The second-order valence-electron chi connectivity index (χ2n) is 7.11. The average Bonchev–Trinajstić information content (AvgIpc) is 3.26. The largest absolute Gasteiger partial charge is 0.441 e. The highest BCUT2D eigenvalue weighted by Gasteiger charge is 2.47. The lowest BCUT2D eigenvalue weighted by atomic mass is 9.91. The number of amides is 2. The van der Waals surface area contributed by atoms with Crippen molar-refractivity contribution in [3.05, 3.63) is 56.7 Å². The van der Waals surface area contributed by atoms with E-state index in [4.69, 9.17) is 21.6 Å². The summed E-state index contributed by atoms with van der Waals surface area (Å²) in [6, 6.07) is 11.0. The molecule has 0 bridgehead atoms. The van der Waals surface area contributed by atoms with E-state index < -0.39 is 5.60 Å². The Hall–Kier alpha value is -2.56. The van der Waals surface area contributed by atoms with Crippen LogP contribution in [0.4, 0.5) is 4.79 Å². The minimum atomic E-state index is -0.542. The molecule has 0 unspecified atom stereocenters. The van der Waals surface area contributed by atoms with Crippen LogP contribution < -0.4 is 0 Å². The van der Waals surface area contributed by atoms with E-state index in [1.54, 1.807) is 33.4 Å². The summed E-state index contributed by atoms with van der Waals surface area (Å²) in [6.45, 7) is 2.02. The summed E-state index contributed by atoms with van der Waals surface area (Å²) in [5.41, 5.74) is 1.000. The Kier molecular flexibility index (Phi) is 5.00. The fraction of sp³-hybridized carbons (Fsp3) is 0.350. The van der Waals surface area contributed by atoms with E-state index in [9.17, 15) is 9.59 Å². The van der Waals surface area contributed by atoms with Crippen LogP contribution in [0.5, 0.6) is 0 Å². The number of nitrogens with zero attached hydrogens (tertiary/aromatic N) is 3. The number of thiophene rings is 1. The Bertz CT molecular complexity index is 942. The quantitative estimate of drug-likeness (QED) is 0.762. The summed E-state index contributed by atoms with van der Waals surface area (Å²) < 4.78 is 5.74. The van der Waals surface area contributed by atoms with Crippen LogP contribution in [0.15, 0.2) is 35.7 Å². The topological polar surface area (TPSA) is 73.6 Å². The fourth-order valence-corrected chi connectivity index (χ4v) is 4.79. The van der Waals surface area contributed by atoms with Crippen LogP contribution in [0.3, 0.4) is 0 Å². The third-order valence-corrected chi connectivity index (χ3v) is 6.60. The van der Waals surface area contributed by atoms with Crippen molar-refractivity contribution in [1.29, 1.82) is 5.26 Å². The Balaban J connectivity index is 1.38. The van der Waals surface area contributed by atoms with E-state index in [0.29, 0.717) is 54.5 Å². The van der Waals surface area contributed by atoms with Gasteiger partial charge in [-0.3, -0.25) is 9.69 Å². The number of likely N-dealkylation sites (tertiary alicyclic amines) is 1. The molecular formula is C20H18ClN3O3S. The first kappa shape index (κ1) is 18.8. The van der Waals surface area contributed by atoms with Crippen molar-refractivity contribution in [2.24, 2.45) is 0 Å². The molecule has 28 heavy (non-hydrogen) atoms. The molecule has 2 saturated heterocycles. The average molecular weight is 416 g/mol. The highest BCUT2D eigenvalue weighted by atomic mass is 35.5. The molecule has 2 aromatic rings. The van der Waals surface area contributed by atoms with Crippen LogP contribution in [-0.2, 0) is 11.3 Å².